The van der Waals surface area contributed by atoms with Crippen LogP contribution < -0.4 is 10.6 Å². The number of thiazole rings is 1. The number of hydrogen-bond acceptors (Lipinski definition) is 5. The van der Waals surface area contributed by atoms with Crippen molar-refractivity contribution in [3.05, 3.63) is 29.3 Å². The van der Waals surface area contributed by atoms with Crippen LogP contribution in [0.2, 0.25) is 0 Å². The van der Waals surface area contributed by atoms with Crippen LogP contribution in [0.3, 0.4) is 0 Å². The first-order valence-corrected chi connectivity index (χ1v) is 8.86. The van der Waals surface area contributed by atoms with Crippen molar-refractivity contribution in [1.29, 1.82) is 0 Å². The minimum absolute atomic E-state index is 0.0212. The molecule has 0 aliphatic heterocycles. The third kappa shape index (κ3) is 4.52. The maximum atomic E-state index is 12.1. The molecule has 0 bridgehead atoms. The highest BCUT2D eigenvalue weighted by Crippen LogP contribution is 2.28. The van der Waals surface area contributed by atoms with Crippen molar-refractivity contribution >= 4 is 33.4 Å². The van der Waals surface area contributed by atoms with Crippen LogP contribution in [0.1, 0.15) is 31.8 Å². The third-order valence-electron chi connectivity index (χ3n) is 3.84. The number of para-hydroxylation sites is 1. The van der Waals surface area contributed by atoms with Crippen molar-refractivity contribution in [2.75, 3.05) is 20.1 Å². The summed E-state index contributed by atoms with van der Waals surface area (Å²) in [6.45, 7) is 6.31. The van der Waals surface area contributed by atoms with Gasteiger partial charge in [-0.15, -0.1) is 11.3 Å². The zero-order chi connectivity index (χ0) is 17.7. The lowest BCUT2D eigenvalue weighted by atomic mass is 10.2. The number of likely N-dealkylation sites (N-methyl/N-ethyl adjacent to an activating group) is 2. The summed E-state index contributed by atoms with van der Waals surface area (Å²) in [5.74, 6) is -0.350. The second-order valence-electron chi connectivity index (χ2n) is 5.79. The Kier molecular flexibility index (Phi) is 6.28. The van der Waals surface area contributed by atoms with Gasteiger partial charge in [0, 0.05) is 6.54 Å². The fourth-order valence-corrected chi connectivity index (χ4v) is 3.39. The molecule has 2 rings (SSSR count). The van der Waals surface area contributed by atoms with Gasteiger partial charge in [0.25, 0.3) is 0 Å². The standard InChI is InChI=1S/C17H24N4O2S/c1-5-18-16(23)11(2)19-15(22)10-21(4)12(3)17-20-13-8-6-7-9-14(13)24-17/h6-9,11-12H,5,10H2,1-4H3,(H,18,23)(H,19,22)/t11-,12-/m0/s1. The van der Waals surface area contributed by atoms with Crippen LogP contribution in [0.5, 0.6) is 0 Å². The zero-order valence-corrected chi connectivity index (χ0v) is 15.3. The Hall–Kier alpha value is -1.99. The summed E-state index contributed by atoms with van der Waals surface area (Å²) in [5, 5.41) is 6.39. The normalized spacial score (nSPS) is 13.7. The SMILES string of the molecule is CCNC(=O)[C@H](C)NC(=O)CN(C)[C@@H](C)c1nc2ccccc2s1. The number of benzene rings is 1. The van der Waals surface area contributed by atoms with Gasteiger partial charge in [-0.2, -0.15) is 0 Å². The van der Waals surface area contributed by atoms with Crippen molar-refractivity contribution in [3.63, 3.8) is 0 Å². The minimum Gasteiger partial charge on any atom is -0.355 e. The van der Waals surface area contributed by atoms with E-state index in [1.54, 1.807) is 18.3 Å². The average molecular weight is 348 g/mol. The fraction of sp³-hybridized carbons (Fsp3) is 0.471. The van der Waals surface area contributed by atoms with E-state index in [0.717, 1.165) is 15.2 Å². The Morgan fingerprint density at radius 3 is 2.67 bits per heavy atom. The van der Waals surface area contributed by atoms with Crippen molar-refractivity contribution in [2.24, 2.45) is 0 Å². The molecule has 130 valence electrons. The Balaban J connectivity index is 1.94. The molecular weight excluding hydrogens is 324 g/mol. The predicted octanol–water partition coefficient (Wildman–Crippen LogP) is 1.93. The lowest BCUT2D eigenvalue weighted by Crippen LogP contribution is -2.47. The average Bonchev–Trinajstić information content (AvgIpc) is 2.97. The Labute approximate surface area is 146 Å². The summed E-state index contributed by atoms with van der Waals surface area (Å²) in [4.78, 5) is 30.4. The molecule has 0 spiro atoms. The fourth-order valence-electron chi connectivity index (χ4n) is 2.30. The monoisotopic (exact) mass is 348 g/mol. The minimum atomic E-state index is -0.538. The van der Waals surface area contributed by atoms with Gasteiger partial charge in [0.05, 0.1) is 22.8 Å². The maximum Gasteiger partial charge on any atom is 0.242 e. The first-order valence-electron chi connectivity index (χ1n) is 8.05. The molecule has 0 unspecified atom stereocenters. The number of fused-ring (bicyclic) bond motifs is 1. The molecule has 2 aromatic rings. The molecule has 7 heteroatoms. The zero-order valence-electron chi connectivity index (χ0n) is 14.5. The second-order valence-corrected chi connectivity index (χ2v) is 6.86. The van der Waals surface area contributed by atoms with Crippen molar-refractivity contribution < 1.29 is 9.59 Å². The largest absolute Gasteiger partial charge is 0.355 e. The molecule has 24 heavy (non-hydrogen) atoms. The van der Waals surface area contributed by atoms with Gasteiger partial charge in [-0.3, -0.25) is 14.5 Å². The Morgan fingerprint density at radius 1 is 1.29 bits per heavy atom. The molecular formula is C17H24N4O2S. The number of rotatable bonds is 7. The summed E-state index contributed by atoms with van der Waals surface area (Å²) in [7, 11) is 1.88. The summed E-state index contributed by atoms with van der Waals surface area (Å²) < 4.78 is 1.14. The molecule has 0 radical (unpaired) electrons. The molecule has 1 heterocycles. The maximum absolute atomic E-state index is 12.1. The summed E-state index contributed by atoms with van der Waals surface area (Å²) in [5.41, 5.74) is 0.979. The van der Waals surface area contributed by atoms with E-state index in [9.17, 15) is 9.59 Å². The van der Waals surface area contributed by atoms with E-state index < -0.39 is 6.04 Å². The highest BCUT2D eigenvalue weighted by molar-refractivity contribution is 7.18. The van der Waals surface area contributed by atoms with Crippen LogP contribution in [0.4, 0.5) is 0 Å². The number of aromatic nitrogens is 1. The van der Waals surface area contributed by atoms with Crippen molar-refractivity contribution in [1.82, 2.24) is 20.5 Å². The van der Waals surface area contributed by atoms with Gasteiger partial charge >= 0.3 is 0 Å². The number of amides is 2. The van der Waals surface area contributed by atoms with E-state index in [4.69, 9.17) is 0 Å². The molecule has 0 fully saturated rings. The van der Waals surface area contributed by atoms with Crippen LogP contribution in [-0.4, -0.2) is 47.9 Å². The van der Waals surface area contributed by atoms with E-state index in [2.05, 4.69) is 15.6 Å². The lowest BCUT2D eigenvalue weighted by molar-refractivity contribution is -0.129. The predicted molar refractivity (Wildman–Crippen MR) is 97.0 cm³/mol. The second kappa shape index (κ2) is 8.21. The summed E-state index contributed by atoms with van der Waals surface area (Å²) >= 11 is 1.64. The number of carbonyl (C=O) groups excluding carboxylic acids is 2. The molecule has 0 aliphatic carbocycles. The van der Waals surface area contributed by atoms with Crippen molar-refractivity contribution in [3.8, 4) is 0 Å². The molecule has 6 nitrogen and oxygen atoms in total. The van der Waals surface area contributed by atoms with Crippen LogP contribution in [-0.2, 0) is 9.59 Å². The summed E-state index contributed by atoms with van der Waals surface area (Å²) in [6, 6.07) is 7.48. The number of nitrogens with zero attached hydrogens (tertiary/aromatic N) is 2. The molecule has 0 saturated carbocycles. The highest BCUT2D eigenvalue weighted by atomic mass is 32.1. The van der Waals surface area contributed by atoms with Crippen molar-refractivity contribution in [2.45, 2.75) is 32.9 Å². The van der Waals surface area contributed by atoms with Gasteiger partial charge < -0.3 is 10.6 Å². The van der Waals surface area contributed by atoms with Gasteiger partial charge in [-0.1, -0.05) is 12.1 Å². The molecule has 2 N–H and O–H groups in total. The van der Waals surface area contributed by atoms with Gasteiger partial charge in [0.15, 0.2) is 0 Å². The molecule has 0 aliphatic rings. The first kappa shape index (κ1) is 18.4. The highest BCUT2D eigenvalue weighted by Gasteiger charge is 2.20. The van der Waals surface area contributed by atoms with E-state index in [-0.39, 0.29) is 24.4 Å². The third-order valence-corrected chi connectivity index (χ3v) is 5.05. The van der Waals surface area contributed by atoms with E-state index in [1.807, 2.05) is 50.1 Å². The summed E-state index contributed by atoms with van der Waals surface area (Å²) in [6.07, 6.45) is 0. The van der Waals surface area contributed by atoms with E-state index >= 15 is 0 Å². The first-order chi connectivity index (χ1) is 11.4. The van der Waals surface area contributed by atoms with Crippen LogP contribution >= 0.6 is 11.3 Å². The van der Waals surface area contributed by atoms with Gasteiger partial charge in [-0.25, -0.2) is 4.98 Å². The molecule has 2 amide bonds. The van der Waals surface area contributed by atoms with E-state index in [1.165, 1.54) is 0 Å². The van der Waals surface area contributed by atoms with Gasteiger partial charge in [0.2, 0.25) is 11.8 Å². The molecule has 0 saturated heterocycles. The van der Waals surface area contributed by atoms with Gasteiger partial charge in [-0.05, 0) is 40.0 Å². The molecule has 2 atom stereocenters. The topological polar surface area (TPSA) is 74.3 Å². The van der Waals surface area contributed by atoms with Gasteiger partial charge in [0.1, 0.15) is 11.0 Å². The molecule has 1 aromatic carbocycles. The molecule has 1 aromatic heterocycles. The Bertz CT molecular complexity index is 682. The van der Waals surface area contributed by atoms with Crippen LogP contribution in [0.15, 0.2) is 24.3 Å². The quantitative estimate of drug-likeness (QED) is 0.802. The number of carbonyl (C=O) groups is 2. The number of nitrogens with one attached hydrogen (secondary N) is 2. The smallest absolute Gasteiger partial charge is 0.242 e. The van der Waals surface area contributed by atoms with Crippen LogP contribution in [0.25, 0.3) is 10.2 Å². The Morgan fingerprint density at radius 2 is 2.00 bits per heavy atom. The lowest BCUT2D eigenvalue weighted by Gasteiger charge is -2.23. The van der Waals surface area contributed by atoms with Crippen LogP contribution in [0, 0.1) is 0 Å². The number of hydrogen-bond donors (Lipinski definition) is 2. The van der Waals surface area contributed by atoms with E-state index in [0.29, 0.717) is 6.54 Å².